The van der Waals surface area contributed by atoms with Crippen LogP contribution in [0.25, 0.3) is 0 Å². The first kappa shape index (κ1) is 7.28. The van der Waals surface area contributed by atoms with Gasteiger partial charge in [0.15, 0.2) is 0 Å². The molecule has 0 N–H and O–H groups in total. The lowest BCUT2D eigenvalue weighted by Crippen LogP contribution is -1.91. The summed E-state index contributed by atoms with van der Waals surface area (Å²) in [7, 11) is 2.75. The van der Waals surface area contributed by atoms with Gasteiger partial charge in [-0.2, -0.15) is 0 Å². The minimum Gasteiger partial charge on any atom is -0.0693 e. The van der Waals surface area contributed by atoms with Gasteiger partial charge in [0.1, 0.15) is 0 Å². The highest BCUT2D eigenvalue weighted by Gasteiger charge is 1.89. The number of rotatable bonds is 3. The van der Waals surface area contributed by atoms with Crippen LogP contribution in [-0.2, 0) is 0 Å². The van der Waals surface area contributed by atoms with Crippen LogP contribution in [0.15, 0.2) is 0 Å². The monoisotopic (exact) mass is 114 g/mol. The first-order valence-corrected chi connectivity index (χ1v) is 5.68. The molecule has 7 heavy (non-hydrogen) atoms. The van der Waals surface area contributed by atoms with Gasteiger partial charge >= 0.3 is 0 Å². The largest absolute Gasteiger partial charge is 0.0891 e. The Bertz CT molecular complexity index is 37.1. The van der Waals surface area contributed by atoms with Crippen molar-refractivity contribution in [1.82, 2.24) is 0 Å². The molecule has 0 aliphatic carbocycles. The van der Waals surface area contributed by atoms with E-state index in [0.29, 0.717) is 9.39 Å². The molecule has 0 aliphatic heterocycles. The van der Waals surface area contributed by atoms with Gasteiger partial charge in [-0.1, -0.05) is 26.3 Å². The second-order valence-electron chi connectivity index (χ2n) is 2.54. The fraction of sp³-hybridized carbons (Fsp3) is 1.00. The molecule has 0 aromatic rings. The maximum absolute atomic E-state index is 2.38. The van der Waals surface area contributed by atoms with Gasteiger partial charge < -0.3 is 0 Å². The zero-order chi connectivity index (χ0) is 5.70. The van der Waals surface area contributed by atoms with E-state index in [0.717, 1.165) is 5.92 Å². The molecule has 0 bridgehead atoms. The first-order chi connectivity index (χ1) is 3.27. The molecule has 0 saturated carbocycles. The molecule has 0 rings (SSSR count). The Kier molecular flexibility index (Phi) is 4.62. The molecule has 0 aromatic carbocycles. The van der Waals surface area contributed by atoms with E-state index in [1.165, 1.54) is 12.5 Å². The predicted octanol–water partition coefficient (Wildman–Crippen LogP) is 0.168. The molecule has 0 amide bonds. The van der Waals surface area contributed by atoms with Crippen LogP contribution in [-0.4, -0.2) is 16.8 Å². The fourth-order valence-electron chi connectivity index (χ4n) is 0.612. The fourth-order valence-corrected chi connectivity index (χ4v) is 1.84. The standard InChI is InChI=1S/C5H15BSi/c1-5(2)3-4-7-6/h5H,3-4,6-7H2,1-2H3. The van der Waals surface area contributed by atoms with Crippen molar-refractivity contribution in [2.24, 2.45) is 5.92 Å². The SMILES string of the molecule is B[SiH2]CCC(C)C. The average molecular weight is 114 g/mol. The third kappa shape index (κ3) is 6.28. The Labute approximate surface area is 49.9 Å². The highest BCUT2D eigenvalue weighted by atomic mass is 28.2. The summed E-state index contributed by atoms with van der Waals surface area (Å²) in [6, 6.07) is 1.54. The van der Waals surface area contributed by atoms with Crippen molar-refractivity contribution in [3.05, 3.63) is 0 Å². The summed E-state index contributed by atoms with van der Waals surface area (Å²) in [5, 5.41) is 0. The third-order valence-electron chi connectivity index (χ3n) is 1.14. The van der Waals surface area contributed by atoms with Gasteiger partial charge in [0.25, 0.3) is 0 Å². The molecular weight excluding hydrogens is 99.0 g/mol. The lowest BCUT2D eigenvalue weighted by molar-refractivity contribution is 0.625. The van der Waals surface area contributed by atoms with Crippen LogP contribution in [0.4, 0.5) is 0 Å². The Balaban J connectivity index is 2.68. The average Bonchev–Trinajstić information content (AvgIpc) is 1.61. The third-order valence-corrected chi connectivity index (χ3v) is 2.25. The van der Waals surface area contributed by atoms with E-state index in [-0.39, 0.29) is 0 Å². The van der Waals surface area contributed by atoms with Gasteiger partial charge in [0, 0.05) is 0 Å². The summed E-state index contributed by atoms with van der Waals surface area (Å²) in [6.07, 6.45) is 1.46. The molecule has 0 aromatic heterocycles. The van der Waals surface area contributed by atoms with Crippen molar-refractivity contribution < 1.29 is 0 Å². The van der Waals surface area contributed by atoms with Crippen LogP contribution in [0.3, 0.4) is 0 Å². The lowest BCUT2D eigenvalue weighted by atomic mass is 10.2. The summed E-state index contributed by atoms with van der Waals surface area (Å²) < 4.78 is 0. The molecule has 0 fully saturated rings. The van der Waals surface area contributed by atoms with E-state index in [9.17, 15) is 0 Å². The molecule has 0 aliphatic rings. The second kappa shape index (κ2) is 4.44. The molecule has 0 unspecified atom stereocenters. The summed E-state index contributed by atoms with van der Waals surface area (Å²) in [6.45, 7) is 4.59. The molecule has 2 heteroatoms. The molecular formula is C5H15BSi. The first-order valence-electron chi connectivity index (χ1n) is 3.27. The van der Waals surface area contributed by atoms with Crippen LogP contribution < -0.4 is 0 Å². The van der Waals surface area contributed by atoms with Crippen molar-refractivity contribution in [2.45, 2.75) is 26.3 Å². The Morgan fingerprint density at radius 1 is 1.57 bits per heavy atom. The maximum atomic E-state index is 2.38. The van der Waals surface area contributed by atoms with Crippen LogP contribution in [0.1, 0.15) is 20.3 Å². The lowest BCUT2D eigenvalue weighted by Gasteiger charge is -1.98. The van der Waals surface area contributed by atoms with Crippen LogP contribution in [0.5, 0.6) is 0 Å². The Morgan fingerprint density at radius 3 is 2.29 bits per heavy atom. The molecule has 0 atom stereocenters. The summed E-state index contributed by atoms with van der Waals surface area (Å²) in [4.78, 5) is 0. The predicted molar refractivity (Wildman–Crippen MR) is 41.4 cm³/mol. The quantitative estimate of drug-likeness (QED) is 0.459. The Morgan fingerprint density at radius 2 is 2.14 bits per heavy atom. The van der Waals surface area contributed by atoms with E-state index < -0.39 is 0 Å². The Hall–Kier alpha value is 0.282. The van der Waals surface area contributed by atoms with Crippen LogP contribution in [0.2, 0.25) is 6.04 Å². The van der Waals surface area contributed by atoms with Gasteiger partial charge in [-0.15, -0.1) is 0 Å². The highest BCUT2D eigenvalue weighted by molar-refractivity contribution is 6.89. The van der Waals surface area contributed by atoms with E-state index in [1.54, 1.807) is 0 Å². The van der Waals surface area contributed by atoms with E-state index in [4.69, 9.17) is 0 Å². The van der Waals surface area contributed by atoms with Crippen molar-refractivity contribution in [1.29, 1.82) is 0 Å². The van der Waals surface area contributed by atoms with Gasteiger partial charge in [-0.25, -0.2) is 0 Å². The molecule has 0 radical (unpaired) electrons. The molecule has 0 spiro atoms. The zero-order valence-corrected chi connectivity index (χ0v) is 7.11. The number of hydrogen-bond acceptors (Lipinski definition) is 0. The van der Waals surface area contributed by atoms with Gasteiger partial charge in [-0.05, 0) is 15.3 Å². The van der Waals surface area contributed by atoms with Gasteiger partial charge in [0.05, 0.1) is 7.44 Å². The maximum Gasteiger partial charge on any atom is 0.0891 e. The van der Waals surface area contributed by atoms with E-state index in [1.807, 2.05) is 0 Å². The molecule has 0 heterocycles. The minimum atomic E-state index is 0.371. The van der Waals surface area contributed by atoms with Gasteiger partial charge in [0.2, 0.25) is 0 Å². The van der Waals surface area contributed by atoms with Crippen molar-refractivity contribution >= 4 is 16.8 Å². The highest BCUT2D eigenvalue weighted by Crippen LogP contribution is 2.01. The smallest absolute Gasteiger partial charge is 0.0693 e. The summed E-state index contributed by atoms with van der Waals surface area (Å²) in [5.41, 5.74) is 0. The van der Waals surface area contributed by atoms with Crippen molar-refractivity contribution in [3.8, 4) is 0 Å². The summed E-state index contributed by atoms with van der Waals surface area (Å²) in [5.74, 6) is 0.937. The minimum absolute atomic E-state index is 0.371. The van der Waals surface area contributed by atoms with Crippen molar-refractivity contribution in [2.75, 3.05) is 0 Å². The zero-order valence-electron chi connectivity index (χ0n) is 5.70. The summed E-state index contributed by atoms with van der Waals surface area (Å²) >= 11 is 0. The van der Waals surface area contributed by atoms with Crippen molar-refractivity contribution in [3.63, 3.8) is 0 Å². The number of hydrogen-bond donors (Lipinski definition) is 0. The molecule has 0 saturated heterocycles. The van der Waals surface area contributed by atoms with Gasteiger partial charge in [-0.3, -0.25) is 0 Å². The molecule has 42 valence electrons. The van der Waals surface area contributed by atoms with E-state index >= 15 is 0 Å². The van der Waals surface area contributed by atoms with E-state index in [2.05, 4.69) is 21.3 Å². The second-order valence-corrected chi connectivity index (χ2v) is 4.24. The van der Waals surface area contributed by atoms with Crippen LogP contribution >= 0.6 is 0 Å². The normalized spacial score (nSPS) is 11.9. The van der Waals surface area contributed by atoms with Crippen LogP contribution in [0, 0.1) is 5.92 Å². The topological polar surface area (TPSA) is 0 Å². The molecule has 0 nitrogen and oxygen atoms in total.